The maximum atomic E-state index is 9.80. The quantitative estimate of drug-likeness (QED) is 0.910. The zero-order valence-corrected chi connectivity index (χ0v) is 14.8. The van der Waals surface area contributed by atoms with Crippen LogP contribution in [-0.2, 0) is 6.54 Å². The van der Waals surface area contributed by atoms with Gasteiger partial charge < -0.3 is 9.63 Å². The summed E-state index contributed by atoms with van der Waals surface area (Å²) in [5.74, 6) is 2.14. The Hall–Kier alpha value is -1.72. The second kappa shape index (κ2) is 7.45. The van der Waals surface area contributed by atoms with Gasteiger partial charge in [0.1, 0.15) is 0 Å². The lowest BCUT2D eigenvalue weighted by Gasteiger charge is -2.33. The van der Waals surface area contributed by atoms with Gasteiger partial charge in [0.15, 0.2) is 0 Å². The molecule has 0 radical (unpaired) electrons. The van der Waals surface area contributed by atoms with Crippen LogP contribution in [0.5, 0.6) is 0 Å². The minimum Gasteiger partial charge on any atom is -0.393 e. The van der Waals surface area contributed by atoms with Gasteiger partial charge in [0, 0.05) is 12.1 Å². The summed E-state index contributed by atoms with van der Waals surface area (Å²) in [4.78, 5) is 6.83. The van der Waals surface area contributed by atoms with Crippen LogP contribution >= 0.6 is 0 Å². The topological polar surface area (TPSA) is 62.4 Å². The van der Waals surface area contributed by atoms with Crippen LogP contribution in [0.4, 0.5) is 0 Å². The van der Waals surface area contributed by atoms with Gasteiger partial charge in [-0.05, 0) is 43.7 Å². The summed E-state index contributed by atoms with van der Waals surface area (Å²) in [7, 11) is 0. The number of aliphatic hydroxyl groups excluding tert-OH is 1. The molecule has 2 atom stereocenters. The molecule has 1 N–H and O–H groups in total. The molecule has 2 unspecified atom stereocenters. The lowest BCUT2D eigenvalue weighted by atomic mass is 9.93. The van der Waals surface area contributed by atoms with Gasteiger partial charge in [0.2, 0.25) is 11.7 Å². The molecule has 0 bridgehead atoms. The molecule has 2 aromatic rings. The van der Waals surface area contributed by atoms with Gasteiger partial charge in [-0.1, -0.05) is 43.3 Å². The van der Waals surface area contributed by atoms with Gasteiger partial charge in [0.25, 0.3) is 0 Å². The predicted molar refractivity (Wildman–Crippen MR) is 93.5 cm³/mol. The van der Waals surface area contributed by atoms with Gasteiger partial charge in [-0.25, -0.2) is 0 Å². The van der Waals surface area contributed by atoms with Crippen LogP contribution in [0, 0.1) is 5.92 Å². The fourth-order valence-electron chi connectivity index (χ4n) is 3.27. The molecule has 3 rings (SSSR count). The Morgan fingerprint density at radius 1 is 1.25 bits per heavy atom. The zero-order chi connectivity index (χ0) is 17.1. The van der Waals surface area contributed by atoms with E-state index in [9.17, 15) is 5.11 Å². The van der Waals surface area contributed by atoms with Gasteiger partial charge in [-0.15, -0.1) is 0 Å². The number of rotatable bonds is 5. The normalized spacial score (nSPS) is 20.5. The number of nitrogens with zero attached hydrogens (tertiary/aromatic N) is 3. The monoisotopic (exact) mass is 329 g/mol. The van der Waals surface area contributed by atoms with Crippen molar-refractivity contribution in [3.63, 3.8) is 0 Å². The van der Waals surface area contributed by atoms with E-state index in [0.717, 1.165) is 31.5 Å². The van der Waals surface area contributed by atoms with Crippen molar-refractivity contribution in [2.45, 2.75) is 52.2 Å². The summed E-state index contributed by atoms with van der Waals surface area (Å²) in [5, 5.41) is 13.9. The minimum absolute atomic E-state index is 0.259. The summed E-state index contributed by atoms with van der Waals surface area (Å²) < 4.78 is 5.43. The summed E-state index contributed by atoms with van der Waals surface area (Å²) in [6.45, 7) is 8.80. The first-order valence-corrected chi connectivity index (χ1v) is 8.86. The van der Waals surface area contributed by atoms with Crippen molar-refractivity contribution in [3.8, 4) is 11.4 Å². The van der Waals surface area contributed by atoms with Crippen molar-refractivity contribution in [3.05, 3.63) is 35.7 Å². The van der Waals surface area contributed by atoms with E-state index >= 15 is 0 Å². The first-order valence-electron chi connectivity index (χ1n) is 8.86. The van der Waals surface area contributed by atoms with Crippen LogP contribution in [0.25, 0.3) is 11.4 Å². The summed E-state index contributed by atoms with van der Waals surface area (Å²) in [6, 6.07) is 8.34. The van der Waals surface area contributed by atoms with Crippen LogP contribution in [0.2, 0.25) is 0 Å². The summed E-state index contributed by atoms with van der Waals surface area (Å²) >= 11 is 0. The van der Waals surface area contributed by atoms with E-state index in [0.29, 0.717) is 30.1 Å². The van der Waals surface area contributed by atoms with E-state index in [2.05, 4.69) is 41.0 Å². The molecule has 5 heteroatoms. The highest BCUT2D eigenvalue weighted by Crippen LogP contribution is 2.23. The highest BCUT2D eigenvalue weighted by atomic mass is 16.5. The second-order valence-electron chi connectivity index (χ2n) is 7.17. The molecule has 1 fully saturated rings. The minimum atomic E-state index is -0.259. The molecule has 1 aliphatic rings. The van der Waals surface area contributed by atoms with Crippen molar-refractivity contribution in [1.29, 1.82) is 0 Å². The molecule has 1 aromatic heterocycles. The Bertz CT molecular complexity index is 649. The summed E-state index contributed by atoms with van der Waals surface area (Å²) in [5.41, 5.74) is 2.29. The highest BCUT2D eigenvalue weighted by Gasteiger charge is 2.24. The smallest absolute Gasteiger partial charge is 0.241 e. The van der Waals surface area contributed by atoms with E-state index < -0.39 is 0 Å². The largest absolute Gasteiger partial charge is 0.393 e. The van der Waals surface area contributed by atoms with Gasteiger partial charge >= 0.3 is 0 Å². The lowest BCUT2D eigenvalue weighted by molar-refractivity contribution is 0.0556. The molecule has 1 aliphatic heterocycles. The Kier molecular flexibility index (Phi) is 5.31. The van der Waals surface area contributed by atoms with E-state index in [1.807, 2.05) is 19.1 Å². The Balaban J connectivity index is 1.65. The molecule has 0 aliphatic carbocycles. The molecule has 0 amide bonds. The molecule has 1 aromatic carbocycles. The molecule has 2 heterocycles. The molecule has 0 spiro atoms. The third-order valence-electron chi connectivity index (χ3n) is 4.89. The fourth-order valence-corrected chi connectivity index (χ4v) is 3.27. The SMILES string of the molecule is CC(C)c1ccc(-c2noc(CN3CCCC(C(C)O)C3)n2)cc1. The molecular formula is C19H27N3O2. The molecule has 1 saturated heterocycles. The maximum Gasteiger partial charge on any atom is 0.241 e. The number of aliphatic hydroxyl groups is 1. The first kappa shape index (κ1) is 17.1. The van der Waals surface area contributed by atoms with Crippen molar-refractivity contribution in [1.82, 2.24) is 15.0 Å². The third kappa shape index (κ3) is 4.02. The molecular weight excluding hydrogens is 302 g/mol. The van der Waals surface area contributed by atoms with Crippen LogP contribution in [0.1, 0.15) is 51.0 Å². The fraction of sp³-hybridized carbons (Fsp3) is 0.579. The standard InChI is InChI=1S/C19H27N3O2/c1-13(2)15-6-8-16(9-7-15)19-20-18(24-21-19)12-22-10-4-5-17(11-22)14(3)23/h6-9,13-14,17,23H,4-5,10-12H2,1-3H3. The van der Waals surface area contributed by atoms with Crippen molar-refractivity contribution >= 4 is 0 Å². The lowest BCUT2D eigenvalue weighted by Crippen LogP contribution is -2.39. The Morgan fingerprint density at radius 2 is 2.00 bits per heavy atom. The number of hydrogen-bond acceptors (Lipinski definition) is 5. The van der Waals surface area contributed by atoms with Gasteiger partial charge in [0.05, 0.1) is 12.6 Å². The van der Waals surface area contributed by atoms with E-state index in [1.54, 1.807) is 0 Å². The Morgan fingerprint density at radius 3 is 2.67 bits per heavy atom. The molecule has 130 valence electrons. The van der Waals surface area contributed by atoms with Crippen LogP contribution in [-0.4, -0.2) is 39.3 Å². The Labute approximate surface area is 143 Å². The van der Waals surface area contributed by atoms with Crippen molar-refractivity contribution in [2.24, 2.45) is 5.92 Å². The summed E-state index contributed by atoms with van der Waals surface area (Å²) in [6.07, 6.45) is 1.93. The highest BCUT2D eigenvalue weighted by molar-refractivity contribution is 5.54. The zero-order valence-electron chi connectivity index (χ0n) is 14.8. The van der Waals surface area contributed by atoms with Crippen LogP contribution < -0.4 is 0 Å². The number of likely N-dealkylation sites (tertiary alicyclic amines) is 1. The maximum absolute atomic E-state index is 9.80. The van der Waals surface area contributed by atoms with Crippen LogP contribution in [0.3, 0.4) is 0 Å². The van der Waals surface area contributed by atoms with Gasteiger partial charge in [-0.3, -0.25) is 4.90 Å². The number of piperidine rings is 1. The number of benzene rings is 1. The number of aromatic nitrogens is 2. The van der Waals surface area contributed by atoms with E-state index in [1.165, 1.54) is 5.56 Å². The second-order valence-corrected chi connectivity index (χ2v) is 7.17. The van der Waals surface area contributed by atoms with E-state index in [-0.39, 0.29) is 6.10 Å². The number of hydrogen-bond donors (Lipinski definition) is 1. The first-order chi connectivity index (χ1) is 11.5. The van der Waals surface area contributed by atoms with E-state index in [4.69, 9.17) is 4.52 Å². The molecule has 24 heavy (non-hydrogen) atoms. The molecule has 5 nitrogen and oxygen atoms in total. The average Bonchev–Trinajstić information content (AvgIpc) is 3.03. The molecule has 0 saturated carbocycles. The third-order valence-corrected chi connectivity index (χ3v) is 4.89. The predicted octanol–water partition coefficient (Wildman–Crippen LogP) is 3.45. The van der Waals surface area contributed by atoms with Crippen molar-refractivity contribution < 1.29 is 9.63 Å². The van der Waals surface area contributed by atoms with Crippen molar-refractivity contribution in [2.75, 3.05) is 13.1 Å². The average molecular weight is 329 g/mol. The van der Waals surface area contributed by atoms with Gasteiger partial charge in [-0.2, -0.15) is 4.98 Å². The van der Waals surface area contributed by atoms with Crippen LogP contribution in [0.15, 0.2) is 28.8 Å².